The van der Waals surface area contributed by atoms with E-state index in [-0.39, 0.29) is 12.1 Å². The van der Waals surface area contributed by atoms with E-state index in [1.165, 1.54) is 10.6 Å². The molecule has 0 radical (unpaired) electrons. The standard InChI is InChI=1S/C24H34N4O3S/c1-5-26(6-2)24(30)23(29)25-18(3)22(21-8-7-17-32-21)28-15-13-27(14-16-28)19-9-11-20(31-4)12-10-19/h7-12,17-18,22H,5-6,13-16H2,1-4H3,(H,25,29)/t18-,22+/m0/s1. The van der Waals surface area contributed by atoms with Gasteiger partial charge in [0.1, 0.15) is 5.75 Å². The average molecular weight is 459 g/mol. The molecule has 32 heavy (non-hydrogen) atoms. The molecule has 7 nitrogen and oxygen atoms in total. The molecule has 2 heterocycles. The van der Waals surface area contributed by atoms with Crippen LogP contribution in [0.25, 0.3) is 0 Å². The summed E-state index contributed by atoms with van der Waals surface area (Å²) in [5.41, 5.74) is 1.18. The highest BCUT2D eigenvalue weighted by atomic mass is 32.1. The van der Waals surface area contributed by atoms with Gasteiger partial charge in [0.15, 0.2) is 0 Å². The molecule has 1 aliphatic rings. The van der Waals surface area contributed by atoms with Crippen molar-refractivity contribution < 1.29 is 14.3 Å². The zero-order valence-corrected chi connectivity index (χ0v) is 20.2. The van der Waals surface area contributed by atoms with E-state index in [9.17, 15) is 9.59 Å². The molecule has 1 aromatic heterocycles. The highest BCUT2D eigenvalue weighted by Gasteiger charge is 2.32. The van der Waals surface area contributed by atoms with Crippen molar-refractivity contribution in [3.63, 3.8) is 0 Å². The number of hydrogen-bond donors (Lipinski definition) is 1. The van der Waals surface area contributed by atoms with Crippen LogP contribution in [0.3, 0.4) is 0 Å². The van der Waals surface area contributed by atoms with Crippen LogP contribution in [-0.4, -0.2) is 74.0 Å². The number of thiophene rings is 1. The summed E-state index contributed by atoms with van der Waals surface area (Å²) in [6.07, 6.45) is 0. The van der Waals surface area contributed by atoms with Crippen molar-refractivity contribution in [2.75, 3.05) is 51.3 Å². The van der Waals surface area contributed by atoms with E-state index in [0.717, 1.165) is 31.9 Å². The van der Waals surface area contributed by atoms with Crippen LogP contribution in [0, 0.1) is 0 Å². The van der Waals surface area contributed by atoms with Gasteiger partial charge in [0.2, 0.25) is 0 Å². The zero-order chi connectivity index (χ0) is 23.1. The molecule has 0 unspecified atom stereocenters. The van der Waals surface area contributed by atoms with Crippen LogP contribution < -0.4 is 15.0 Å². The molecule has 1 aliphatic heterocycles. The van der Waals surface area contributed by atoms with E-state index in [0.29, 0.717) is 13.1 Å². The van der Waals surface area contributed by atoms with Crippen molar-refractivity contribution >= 4 is 28.8 Å². The topological polar surface area (TPSA) is 65.1 Å². The van der Waals surface area contributed by atoms with Gasteiger partial charge in [0.25, 0.3) is 0 Å². The van der Waals surface area contributed by atoms with Crippen molar-refractivity contribution in [1.29, 1.82) is 0 Å². The summed E-state index contributed by atoms with van der Waals surface area (Å²) < 4.78 is 5.26. The molecule has 0 bridgehead atoms. The van der Waals surface area contributed by atoms with Crippen molar-refractivity contribution in [3.8, 4) is 5.75 Å². The van der Waals surface area contributed by atoms with Gasteiger partial charge in [-0.25, -0.2) is 0 Å². The van der Waals surface area contributed by atoms with Gasteiger partial charge in [0, 0.05) is 55.9 Å². The molecule has 1 aromatic carbocycles. The maximum absolute atomic E-state index is 12.6. The number of rotatable bonds is 8. The summed E-state index contributed by atoms with van der Waals surface area (Å²) >= 11 is 1.69. The van der Waals surface area contributed by atoms with Gasteiger partial charge in [0.05, 0.1) is 13.2 Å². The summed E-state index contributed by atoms with van der Waals surface area (Å²) in [5.74, 6) is -0.135. The Morgan fingerprint density at radius 3 is 2.28 bits per heavy atom. The number of amides is 2. The highest BCUT2D eigenvalue weighted by Crippen LogP contribution is 2.30. The van der Waals surface area contributed by atoms with Crippen LogP contribution >= 0.6 is 11.3 Å². The summed E-state index contributed by atoms with van der Waals surface area (Å²) in [4.78, 5) is 32.6. The molecule has 2 atom stereocenters. The van der Waals surface area contributed by atoms with Crippen LogP contribution in [-0.2, 0) is 9.59 Å². The van der Waals surface area contributed by atoms with Crippen LogP contribution in [0.5, 0.6) is 5.75 Å². The Bertz CT molecular complexity index is 860. The first kappa shape index (κ1) is 24.1. The summed E-state index contributed by atoms with van der Waals surface area (Å²) in [6.45, 7) is 10.4. The normalized spacial score (nSPS) is 16.3. The number of anilines is 1. The second-order valence-electron chi connectivity index (χ2n) is 7.92. The van der Waals surface area contributed by atoms with Crippen molar-refractivity contribution in [2.45, 2.75) is 32.9 Å². The number of benzene rings is 1. The predicted molar refractivity (Wildman–Crippen MR) is 129 cm³/mol. The largest absolute Gasteiger partial charge is 0.497 e. The maximum Gasteiger partial charge on any atom is 0.311 e. The lowest BCUT2D eigenvalue weighted by Crippen LogP contribution is -2.54. The van der Waals surface area contributed by atoms with Crippen LogP contribution in [0.1, 0.15) is 31.7 Å². The third-order valence-corrected chi connectivity index (χ3v) is 7.00. The van der Waals surface area contributed by atoms with Gasteiger partial charge in [-0.3, -0.25) is 14.5 Å². The lowest BCUT2D eigenvalue weighted by atomic mass is 10.0. The Morgan fingerprint density at radius 2 is 1.75 bits per heavy atom. The third kappa shape index (κ3) is 5.61. The monoisotopic (exact) mass is 458 g/mol. The van der Waals surface area contributed by atoms with E-state index in [1.807, 2.05) is 39.0 Å². The van der Waals surface area contributed by atoms with Gasteiger partial charge >= 0.3 is 11.8 Å². The smallest absolute Gasteiger partial charge is 0.311 e. The number of ether oxygens (including phenoxy) is 1. The summed E-state index contributed by atoms with van der Waals surface area (Å²) in [5, 5.41) is 5.04. The van der Waals surface area contributed by atoms with Gasteiger partial charge in [-0.2, -0.15) is 0 Å². The Morgan fingerprint density at radius 1 is 1.09 bits per heavy atom. The number of piperazine rings is 1. The molecule has 1 fully saturated rings. The Kier molecular flexibility index (Phi) is 8.53. The highest BCUT2D eigenvalue weighted by molar-refractivity contribution is 7.10. The van der Waals surface area contributed by atoms with E-state index >= 15 is 0 Å². The van der Waals surface area contributed by atoms with E-state index < -0.39 is 11.8 Å². The minimum atomic E-state index is -0.528. The van der Waals surface area contributed by atoms with Crippen LogP contribution in [0.15, 0.2) is 41.8 Å². The zero-order valence-electron chi connectivity index (χ0n) is 19.4. The lowest BCUT2D eigenvalue weighted by molar-refractivity contribution is -0.146. The minimum absolute atomic E-state index is 0.0291. The first-order valence-electron chi connectivity index (χ1n) is 11.2. The van der Waals surface area contributed by atoms with E-state index in [2.05, 4.69) is 38.7 Å². The SMILES string of the molecule is CCN(CC)C(=O)C(=O)N[C@@H](C)[C@H](c1cccs1)N1CCN(c2ccc(OC)cc2)CC1. The number of carbonyl (C=O) groups excluding carboxylic acids is 2. The van der Waals surface area contributed by atoms with E-state index in [4.69, 9.17) is 4.74 Å². The Balaban J connectivity index is 1.67. The molecule has 0 aliphatic carbocycles. The average Bonchev–Trinajstić information content (AvgIpc) is 3.34. The van der Waals surface area contributed by atoms with Crippen molar-refractivity contribution in [3.05, 3.63) is 46.7 Å². The number of carbonyl (C=O) groups is 2. The number of hydrogen-bond acceptors (Lipinski definition) is 6. The van der Waals surface area contributed by atoms with Crippen molar-refractivity contribution in [2.24, 2.45) is 0 Å². The van der Waals surface area contributed by atoms with Crippen molar-refractivity contribution in [1.82, 2.24) is 15.1 Å². The minimum Gasteiger partial charge on any atom is -0.497 e. The van der Waals surface area contributed by atoms with Crippen LogP contribution in [0.2, 0.25) is 0 Å². The molecule has 0 saturated carbocycles. The Labute approximate surface area is 194 Å². The maximum atomic E-state index is 12.6. The van der Waals surface area contributed by atoms with Gasteiger partial charge in [-0.05, 0) is 56.5 Å². The molecular formula is C24H34N4O3S. The van der Waals surface area contributed by atoms with Gasteiger partial charge in [-0.1, -0.05) is 6.07 Å². The Hall–Kier alpha value is -2.58. The number of methoxy groups -OCH3 is 1. The molecule has 0 spiro atoms. The number of nitrogens with zero attached hydrogens (tertiary/aromatic N) is 3. The lowest BCUT2D eigenvalue weighted by Gasteiger charge is -2.42. The molecule has 1 N–H and O–H groups in total. The second kappa shape index (κ2) is 11.3. The molecule has 1 saturated heterocycles. The predicted octanol–water partition coefficient (Wildman–Crippen LogP) is 2.99. The molecule has 2 amide bonds. The van der Waals surface area contributed by atoms with Gasteiger partial charge in [-0.15, -0.1) is 11.3 Å². The fourth-order valence-electron chi connectivity index (χ4n) is 4.26. The fourth-order valence-corrected chi connectivity index (χ4v) is 5.22. The summed E-state index contributed by atoms with van der Waals surface area (Å²) in [7, 11) is 1.67. The number of nitrogens with one attached hydrogen (secondary N) is 1. The molecule has 8 heteroatoms. The molecule has 2 aromatic rings. The molecular weight excluding hydrogens is 424 g/mol. The van der Waals surface area contributed by atoms with Gasteiger partial charge < -0.3 is 19.9 Å². The molecule has 3 rings (SSSR count). The van der Waals surface area contributed by atoms with E-state index in [1.54, 1.807) is 23.3 Å². The third-order valence-electron chi connectivity index (χ3n) is 6.06. The second-order valence-corrected chi connectivity index (χ2v) is 8.90. The first-order chi connectivity index (χ1) is 15.5. The van der Waals surface area contributed by atoms with Crippen LogP contribution in [0.4, 0.5) is 5.69 Å². The number of likely N-dealkylation sites (N-methyl/N-ethyl adjacent to an activating group) is 1. The molecule has 174 valence electrons. The fraction of sp³-hybridized carbons (Fsp3) is 0.500. The quantitative estimate of drug-likeness (QED) is 0.616. The summed E-state index contributed by atoms with van der Waals surface area (Å²) in [6, 6.07) is 12.1. The first-order valence-corrected chi connectivity index (χ1v) is 12.1.